The fourth-order valence-corrected chi connectivity index (χ4v) is 2.82. The molecule has 1 nitrogen and oxygen atoms in total. The molecule has 96 valence electrons. The third-order valence-corrected chi connectivity index (χ3v) is 3.72. The normalized spacial score (nSPS) is 11.6. The second kappa shape index (κ2) is 4.82. The average molecular weight is 270 g/mol. The van der Waals surface area contributed by atoms with E-state index in [1.807, 2.05) is 6.07 Å². The van der Waals surface area contributed by atoms with Crippen LogP contribution in [0.2, 0.25) is 5.15 Å². The Kier molecular flexibility index (Phi) is 3.16. The molecule has 0 bridgehead atoms. The van der Waals surface area contributed by atoms with Crippen molar-refractivity contribution in [2.45, 2.75) is 20.3 Å². The van der Waals surface area contributed by atoms with Crippen molar-refractivity contribution in [2.24, 2.45) is 5.92 Å². The summed E-state index contributed by atoms with van der Waals surface area (Å²) in [7, 11) is 0. The number of benzene rings is 2. The number of pyridine rings is 1. The Morgan fingerprint density at radius 3 is 2.58 bits per heavy atom. The van der Waals surface area contributed by atoms with E-state index in [0.29, 0.717) is 11.1 Å². The van der Waals surface area contributed by atoms with Gasteiger partial charge in [-0.15, -0.1) is 0 Å². The zero-order valence-electron chi connectivity index (χ0n) is 11.2. The van der Waals surface area contributed by atoms with Crippen LogP contribution >= 0.6 is 11.6 Å². The predicted molar refractivity (Wildman–Crippen MR) is 82.8 cm³/mol. The minimum atomic E-state index is 0.577. The van der Waals surface area contributed by atoms with Crippen molar-refractivity contribution in [3.8, 4) is 0 Å². The van der Waals surface area contributed by atoms with Crippen LogP contribution in [-0.4, -0.2) is 4.98 Å². The maximum Gasteiger partial charge on any atom is 0.136 e. The Bertz CT molecular complexity index is 747. The molecule has 0 saturated carbocycles. The number of halogens is 1. The molecular formula is C17H16ClN. The molecule has 0 atom stereocenters. The van der Waals surface area contributed by atoms with E-state index in [9.17, 15) is 0 Å². The summed E-state index contributed by atoms with van der Waals surface area (Å²) >= 11 is 6.17. The minimum absolute atomic E-state index is 0.577. The molecule has 0 radical (unpaired) electrons. The van der Waals surface area contributed by atoms with Crippen molar-refractivity contribution < 1.29 is 0 Å². The molecule has 3 aromatic rings. The topological polar surface area (TPSA) is 12.9 Å². The first-order valence-corrected chi connectivity index (χ1v) is 6.99. The molecule has 0 aliphatic rings. The molecule has 1 heterocycles. The number of fused-ring (bicyclic) bond motifs is 3. The summed E-state index contributed by atoms with van der Waals surface area (Å²) < 4.78 is 0. The molecule has 2 heteroatoms. The molecule has 0 aliphatic heterocycles. The summed E-state index contributed by atoms with van der Waals surface area (Å²) in [6.45, 7) is 4.49. The average Bonchev–Trinajstić information content (AvgIpc) is 2.38. The number of hydrogen-bond acceptors (Lipinski definition) is 1. The lowest BCUT2D eigenvalue weighted by Gasteiger charge is -2.09. The first kappa shape index (κ1) is 12.4. The van der Waals surface area contributed by atoms with Crippen LogP contribution in [0.5, 0.6) is 0 Å². The molecular weight excluding hydrogens is 254 g/mol. The lowest BCUT2D eigenvalue weighted by molar-refractivity contribution is 0.648. The van der Waals surface area contributed by atoms with Crippen molar-refractivity contribution in [1.82, 2.24) is 4.98 Å². The van der Waals surface area contributed by atoms with Crippen molar-refractivity contribution in [3.63, 3.8) is 0 Å². The molecule has 0 N–H and O–H groups in total. The van der Waals surface area contributed by atoms with Gasteiger partial charge in [0.15, 0.2) is 0 Å². The summed E-state index contributed by atoms with van der Waals surface area (Å²) in [5, 5.41) is 5.30. The van der Waals surface area contributed by atoms with Gasteiger partial charge in [0.2, 0.25) is 0 Å². The SMILES string of the molecule is CC(C)Cc1ccc2ccc3c(Cl)nccc3c2c1. The zero-order valence-corrected chi connectivity index (χ0v) is 11.9. The Morgan fingerprint density at radius 2 is 1.79 bits per heavy atom. The Hall–Kier alpha value is -1.60. The van der Waals surface area contributed by atoms with Gasteiger partial charge < -0.3 is 0 Å². The fourth-order valence-electron chi connectivity index (χ4n) is 2.59. The summed E-state index contributed by atoms with van der Waals surface area (Å²) in [6, 6.07) is 12.9. The van der Waals surface area contributed by atoms with E-state index in [-0.39, 0.29) is 0 Å². The molecule has 1 aromatic heterocycles. The van der Waals surface area contributed by atoms with Crippen molar-refractivity contribution in [3.05, 3.63) is 53.3 Å². The van der Waals surface area contributed by atoms with E-state index in [4.69, 9.17) is 11.6 Å². The highest BCUT2D eigenvalue weighted by Gasteiger charge is 2.06. The number of hydrogen-bond donors (Lipinski definition) is 0. The molecule has 0 saturated heterocycles. The molecule has 2 aromatic carbocycles. The third-order valence-electron chi connectivity index (χ3n) is 3.42. The molecule has 0 spiro atoms. The summed E-state index contributed by atoms with van der Waals surface area (Å²) in [4.78, 5) is 4.15. The van der Waals surface area contributed by atoms with E-state index in [2.05, 4.69) is 49.2 Å². The van der Waals surface area contributed by atoms with Gasteiger partial charge in [-0.25, -0.2) is 4.98 Å². The van der Waals surface area contributed by atoms with Crippen molar-refractivity contribution in [1.29, 1.82) is 0 Å². The van der Waals surface area contributed by atoms with Crippen LogP contribution in [0.15, 0.2) is 42.6 Å². The van der Waals surface area contributed by atoms with Gasteiger partial charge in [0, 0.05) is 11.6 Å². The molecule has 19 heavy (non-hydrogen) atoms. The van der Waals surface area contributed by atoms with Crippen molar-refractivity contribution >= 4 is 33.1 Å². The highest BCUT2D eigenvalue weighted by Crippen LogP contribution is 2.29. The van der Waals surface area contributed by atoms with Crippen LogP contribution in [0.25, 0.3) is 21.5 Å². The summed E-state index contributed by atoms with van der Waals surface area (Å²) in [5.74, 6) is 0.665. The number of aromatic nitrogens is 1. The minimum Gasteiger partial charge on any atom is -0.244 e. The van der Waals surface area contributed by atoms with E-state index in [1.54, 1.807) is 6.20 Å². The van der Waals surface area contributed by atoms with Gasteiger partial charge in [0.1, 0.15) is 5.15 Å². The first-order valence-electron chi connectivity index (χ1n) is 6.61. The Labute approximate surface area is 118 Å². The second-order valence-electron chi connectivity index (χ2n) is 5.42. The van der Waals surface area contributed by atoms with Crippen LogP contribution < -0.4 is 0 Å². The maximum absolute atomic E-state index is 6.17. The fraction of sp³-hybridized carbons (Fsp3) is 0.235. The standard InChI is InChI=1S/C17H16ClN/c1-11(2)9-12-3-4-13-5-6-15-14(16(13)10-12)7-8-19-17(15)18/h3-8,10-11H,9H2,1-2H3. The van der Waals surface area contributed by atoms with E-state index < -0.39 is 0 Å². The van der Waals surface area contributed by atoms with E-state index in [1.165, 1.54) is 21.7 Å². The van der Waals surface area contributed by atoms with Crippen molar-refractivity contribution in [2.75, 3.05) is 0 Å². The van der Waals surface area contributed by atoms with Crippen LogP contribution in [-0.2, 0) is 6.42 Å². The van der Waals surface area contributed by atoms with Gasteiger partial charge in [-0.2, -0.15) is 0 Å². The molecule has 3 rings (SSSR count). The number of nitrogens with zero attached hydrogens (tertiary/aromatic N) is 1. The first-order chi connectivity index (χ1) is 9.15. The molecule has 0 fully saturated rings. The largest absolute Gasteiger partial charge is 0.244 e. The van der Waals surface area contributed by atoms with Crippen LogP contribution in [0.4, 0.5) is 0 Å². The number of rotatable bonds is 2. The molecule has 0 aliphatic carbocycles. The van der Waals surface area contributed by atoms with Gasteiger partial charge >= 0.3 is 0 Å². The Balaban J connectivity index is 2.29. The quantitative estimate of drug-likeness (QED) is 0.458. The van der Waals surface area contributed by atoms with Crippen LogP contribution in [0.1, 0.15) is 19.4 Å². The van der Waals surface area contributed by atoms with Crippen LogP contribution in [0.3, 0.4) is 0 Å². The van der Waals surface area contributed by atoms with Gasteiger partial charge in [-0.05, 0) is 40.1 Å². The van der Waals surface area contributed by atoms with Gasteiger partial charge in [0.05, 0.1) is 0 Å². The monoisotopic (exact) mass is 269 g/mol. The predicted octanol–water partition coefficient (Wildman–Crippen LogP) is 5.24. The smallest absolute Gasteiger partial charge is 0.136 e. The highest BCUT2D eigenvalue weighted by molar-refractivity contribution is 6.35. The lowest BCUT2D eigenvalue weighted by Crippen LogP contribution is -1.93. The van der Waals surface area contributed by atoms with Gasteiger partial charge in [-0.1, -0.05) is 55.8 Å². The van der Waals surface area contributed by atoms with E-state index >= 15 is 0 Å². The Morgan fingerprint density at radius 1 is 1.00 bits per heavy atom. The summed E-state index contributed by atoms with van der Waals surface area (Å²) in [6.07, 6.45) is 2.88. The van der Waals surface area contributed by atoms with Crippen LogP contribution in [0, 0.1) is 5.92 Å². The molecule has 0 amide bonds. The highest BCUT2D eigenvalue weighted by atomic mass is 35.5. The summed E-state index contributed by atoms with van der Waals surface area (Å²) in [5.41, 5.74) is 1.38. The third kappa shape index (κ3) is 2.31. The molecule has 0 unspecified atom stereocenters. The van der Waals surface area contributed by atoms with Gasteiger partial charge in [0.25, 0.3) is 0 Å². The maximum atomic E-state index is 6.17. The second-order valence-corrected chi connectivity index (χ2v) is 5.77. The van der Waals surface area contributed by atoms with E-state index in [0.717, 1.165) is 11.8 Å². The van der Waals surface area contributed by atoms with Gasteiger partial charge in [-0.3, -0.25) is 0 Å². The lowest BCUT2D eigenvalue weighted by atomic mass is 9.97. The zero-order chi connectivity index (χ0) is 13.4.